The molecule has 1 aliphatic carbocycles. The quantitative estimate of drug-likeness (QED) is 0.646. The van der Waals surface area contributed by atoms with E-state index in [2.05, 4.69) is 10.6 Å². The molecule has 0 bridgehead atoms. The lowest BCUT2D eigenvalue weighted by Gasteiger charge is -2.23. The van der Waals surface area contributed by atoms with Crippen molar-refractivity contribution in [3.63, 3.8) is 0 Å². The fraction of sp³-hybridized carbons (Fsp3) is 0.348. The van der Waals surface area contributed by atoms with Gasteiger partial charge in [-0.15, -0.1) is 0 Å². The van der Waals surface area contributed by atoms with Crippen LogP contribution in [0.3, 0.4) is 0 Å². The summed E-state index contributed by atoms with van der Waals surface area (Å²) < 4.78 is 5.28. The molecule has 0 aromatic heterocycles. The minimum Gasteiger partial charge on any atom is -0.444 e. The minimum atomic E-state index is -0.741. The third kappa shape index (κ3) is 5.83. The summed E-state index contributed by atoms with van der Waals surface area (Å²) >= 11 is 6.10. The number of hydrogen-bond acceptors (Lipinski definition) is 4. The molecule has 1 saturated carbocycles. The molecule has 2 N–H and O–H groups in total. The second-order valence-corrected chi connectivity index (χ2v) is 8.77. The van der Waals surface area contributed by atoms with Crippen molar-refractivity contribution in [2.45, 2.75) is 45.3 Å². The van der Waals surface area contributed by atoms with Crippen LogP contribution in [0.2, 0.25) is 5.02 Å². The SMILES string of the molecule is CC(C)(C)OC(=O)N[C@H](C(=O)Nc1ccc(Cl)cc1C(=O)c1ccccc1)C1CC1. The molecule has 0 spiro atoms. The number of halogens is 1. The Morgan fingerprint density at radius 2 is 1.73 bits per heavy atom. The first-order valence-corrected chi connectivity index (χ1v) is 10.2. The molecule has 0 heterocycles. The zero-order chi connectivity index (χ0) is 21.9. The maximum absolute atomic E-state index is 13.0. The number of alkyl carbamates (subject to hydrolysis) is 1. The number of ether oxygens (including phenoxy) is 1. The molecule has 0 saturated heterocycles. The number of ketones is 1. The van der Waals surface area contributed by atoms with Gasteiger partial charge >= 0.3 is 6.09 Å². The van der Waals surface area contributed by atoms with Crippen molar-refractivity contribution in [1.29, 1.82) is 0 Å². The minimum absolute atomic E-state index is 0.0399. The number of amides is 2. The van der Waals surface area contributed by atoms with Crippen molar-refractivity contribution < 1.29 is 19.1 Å². The van der Waals surface area contributed by atoms with E-state index < -0.39 is 23.6 Å². The molecule has 0 unspecified atom stereocenters. The fourth-order valence-corrected chi connectivity index (χ4v) is 3.20. The molecule has 0 radical (unpaired) electrons. The van der Waals surface area contributed by atoms with Gasteiger partial charge in [-0.3, -0.25) is 9.59 Å². The summed E-state index contributed by atoms with van der Waals surface area (Å²) in [6, 6.07) is 12.7. The largest absolute Gasteiger partial charge is 0.444 e. The lowest BCUT2D eigenvalue weighted by molar-refractivity contribution is -0.118. The van der Waals surface area contributed by atoms with Crippen LogP contribution in [0.4, 0.5) is 10.5 Å². The van der Waals surface area contributed by atoms with Gasteiger partial charge in [-0.05, 0) is 57.7 Å². The Kier molecular flexibility index (Phi) is 6.46. The molecule has 2 aromatic carbocycles. The highest BCUT2D eigenvalue weighted by Gasteiger charge is 2.38. The van der Waals surface area contributed by atoms with E-state index in [-0.39, 0.29) is 17.3 Å². The maximum Gasteiger partial charge on any atom is 0.408 e. The van der Waals surface area contributed by atoms with Gasteiger partial charge in [0.25, 0.3) is 0 Å². The van der Waals surface area contributed by atoms with Crippen LogP contribution in [-0.2, 0) is 9.53 Å². The zero-order valence-electron chi connectivity index (χ0n) is 17.2. The summed E-state index contributed by atoms with van der Waals surface area (Å²) in [7, 11) is 0. The molecule has 1 aliphatic rings. The maximum atomic E-state index is 13.0. The Morgan fingerprint density at radius 3 is 2.33 bits per heavy atom. The van der Waals surface area contributed by atoms with Gasteiger partial charge in [0.1, 0.15) is 11.6 Å². The number of carbonyl (C=O) groups excluding carboxylic acids is 3. The molecule has 1 fully saturated rings. The first-order valence-electron chi connectivity index (χ1n) is 9.84. The van der Waals surface area contributed by atoms with Crippen LogP contribution in [0.15, 0.2) is 48.5 Å². The number of rotatable bonds is 6. The van der Waals surface area contributed by atoms with Crippen LogP contribution in [0.5, 0.6) is 0 Å². The Bertz CT molecular complexity index is 949. The summed E-state index contributed by atoms with van der Waals surface area (Å²) in [5.41, 5.74) is 0.449. The summed E-state index contributed by atoms with van der Waals surface area (Å²) in [4.78, 5) is 38.1. The van der Waals surface area contributed by atoms with Gasteiger partial charge in [0.05, 0.1) is 5.69 Å². The van der Waals surface area contributed by atoms with Crippen molar-refractivity contribution in [1.82, 2.24) is 5.32 Å². The van der Waals surface area contributed by atoms with Gasteiger partial charge in [-0.1, -0.05) is 41.9 Å². The molecule has 3 rings (SSSR count). The summed E-state index contributed by atoms with van der Waals surface area (Å²) in [6.45, 7) is 5.27. The second-order valence-electron chi connectivity index (χ2n) is 8.34. The van der Waals surface area contributed by atoms with Crippen LogP contribution in [0.25, 0.3) is 0 Å². The third-order valence-electron chi connectivity index (χ3n) is 4.57. The average Bonchev–Trinajstić information content (AvgIpc) is 3.51. The van der Waals surface area contributed by atoms with E-state index >= 15 is 0 Å². The third-order valence-corrected chi connectivity index (χ3v) is 4.80. The van der Waals surface area contributed by atoms with Crippen molar-refractivity contribution in [3.8, 4) is 0 Å². The highest BCUT2D eigenvalue weighted by Crippen LogP contribution is 2.34. The first kappa shape index (κ1) is 21.8. The number of nitrogens with one attached hydrogen (secondary N) is 2. The Hall–Kier alpha value is -2.86. The molecule has 1 atom stereocenters. The van der Waals surface area contributed by atoms with E-state index in [0.29, 0.717) is 16.3 Å². The zero-order valence-corrected chi connectivity index (χ0v) is 18.0. The number of benzene rings is 2. The number of carbonyl (C=O) groups is 3. The predicted octanol–water partition coefficient (Wildman–Crippen LogP) is 4.81. The molecular weight excluding hydrogens is 404 g/mol. The van der Waals surface area contributed by atoms with Crippen LogP contribution in [0.1, 0.15) is 49.5 Å². The van der Waals surface area contributed by atoms with Gasteiger partial charge in [0.15, 0.2) is 5.78 Å². The molecule has 7 heteroatoms. The number of anilines is 1. The highest BCUT2D eigenvalue weighted by atomic mass is 35.5. The second kappa shape index (κ2) is 8.88. The van der Waals surface area contributed by atoms with Crippen molar-refractivity contribution in [3.05, 3.63) is 64.7 Å². The first-order chi connectivity index (χ1) is 14.1. The molecule has 30 heavy (non-hydrogen) atoms. The molecular formula is C23H25ClN2O4. The summed E-state index contributed by atoms with van der Waals surface area (Å²) in [5, 5.41) is 5.84. The van der Waals surface area contributed by atoms with E-state index in [1.54, 1.807) is 57.2 Å². The molecule has 6 nitrogen and oxygen atoms in total. The average molecular weight is 429 g/mol. The van der Waals surface area contributed by atoms with Crippen LogP contribution >= 0.6 is 11.6 Å². The standard InChI is InChI=1S/C23H25ClN2O4/c1-23(2,3)30-22(29)26-19(14-9-10-14)21(28)25-18-12-11-16(24)13-17(18)20(27)15-7-5-4-6-8-15/h4-8,11-14,19H,9-10H2,1-3H3,(H,25,28)(H,26,29)/t19-/m0/s1. The normalized spacial score (nSPS) is 14.5. The Balaban J connectivity index is 1.80. The van der Waals surface area contributed by atoms with Crippen LogP contribution < -0.4 is 10.6 Å². The van der Waals surface area contributed by atoms with E-state index in [0.717, 1.165) is 12.8 Å². The van der Waals surface area contributed by atoms with Gasteiger partial charge in [-0.25, -0.2) is 4.79 Å². The van der Waals surface area contributed by atoms with Gasteiger partial charge in [-0.2, -0.15) is 0 Å². The van der Waals surface area contributed by atoms with Gasteiger partial charge < -0.3 is 15.4 Å². The monoisotopic (exact) mass is 428 g/mol. The highest BCUT2D eigenvalue weighted by molar-refractivity contribution is 6.31. The Morgan fingerprint density at radius 1 is 1.07 bits per heavy atom. The Labute approximate surface area is 180 Å². The lowest BCUT2D eigenvalue weighted by Crippen LogP contribution is -2.47. The smallest absolute Gasteiger partial charge is 0.408 e. The van der Waals surface area contributed by atoms with Crippen LogP contribution in [0, 0.1) is 5.92 Å². The topological polar surface area (TPSA) is 84.5 Å². The van der Waals surface area contributed by atoms with Crippen molar-refractivity contribution in [2.75, 3.05) is 5.32 Å². The predicted molar refractivity (Wildman–Crippen MR) is 116 cm³/mol. The summed E-state index contributed by atoms with van der Waals surface area (Å²) in [6.07, 6.45) is 1.03. The van der Waals surface area contributed by atoms with E-state index in [1.165, 1.54) is 6.07 Å². The van der Waals surface area contributed by atoms with Crippen LogP contribution in [-0.4, -0.2) is 29.4 Å². The van der Waals surface area contributed by atoms with Crippen molar-refractivity contribution in [2.24, 2.45) is 5.92 Å². The molecule has 2 aromatic rings. The molecule has 0 aliphatic heterocycles. The molecule has 158 valence electrons. The van der Waals surface area contributed by atoms with E-state index in [4.69, 9.17) is 16.3 Å². The lowest BCUT2D eigenvalue weighted by atomic mass is 10.0. The fourth-order valence-electron chi connectivity index (χ4n) is 3.03. The molecule has 2 amide bonds. The number of hydrogen-bond donors (Lipinski definition) is 2. The summed E-state index contributed by atoms with van der Waals surface area (Å²) in [5.74, 6) is -0.609. The van der Waals surface area contributed by atoms with Gasteiger partial charge in [0, 0.05) is 16.1 Å². The van der Waals surface area contributed by atoms with E-state index in [9.17, 15) is 14.4 Å². The van der Waals surface area contributed by atoms with Gasteiger partial charge in [0.2, 0.25) is 5.91 Å². The van der Waals surface area contributed by atoms with E-state index in [1.807, 2.05) is 6.07 Å². The van der Waals surface area contributed by atoms with Crippen molar-refractivity contribution >= 4 is 35.1 Å².